The number of likely N-dealkylation sites (tertiary alicyclic amines) is 1. The summed E-state index contributed by atoms with van der Waals surface area (Å²) >= 11 is 0. The van der Waals surface area contributed by atoms with E-state index in [-0.39, 0.29) is 23.7 Å². The molecule has 0 spiro atoms. The van der Waals surface area contributed by atoms with Gasteiger partial charge in [0.2, 0.25) is 11.8 Å². The van der Waals surface area contributed by atoms with E-state index in [1.165, 1.54) is 0 Å². The summed E-state index contributed by atoms with van der Waals surface area (Å²) in [6.07, 6.45) is 0.159. The number of hydrogen-bond acceptors (Lipinski definition) is 5. The van der Waals surface area contributed by atoms with E-state index in [9.17, 15) is 22.8 Å². The maximum Gasteiger partial charge on any atom is 0.490 e. The van der Waals surface area contributed by atoms with E-state index in [1.54, 1.807) is 11.1 Å². The van der Waals surface area contributed by atoms with Crippen LogP contribution in [0.4, 0.5) is 19.0 Å². The van der Waals surface area contributed by atoms with Crippen molar-refractivity contribution < 1.29 is 32.7 Å². The smallest absolute Gasteiger partial charge is 0.475 e. The molecule has 196 valence electrons. The maximum absolute atomic E-state index is 13.3. The Kier molecular flexibility index (Phi) is 9.51. The zero-order chi connectivity index (χ0) is 26.4. The number of aliphatic carboxylic acids is 1. The number of carboxylic acids is 1. The fraction of sp³-hybridized carbons (Fsp3) is 0.667. The van der Waals surface area contributed by atoms with Gasteiger partial charge in [0.15, 0.2) is 0 Å². The Morgan fingerprint density at radius 2 is 1.83 bits per heavy atom. The molecule has 8 nitrogen and oxygen atoms in total. The number of alkyl halides is 3. The number of nitrogens with zero attached hydrogens (tertiary/aromatic N) is 4. The number of anilines is 1. The number of halogens is 3. The summed E-state index contributed by atoms with van der Waals surface area (Å²) in [4.78, 5) is 45.8. The Labute approximate surface area is 204 Å². The van der Waals surface area contributed by atoms with Gasteiger partial charge < -0.3 is 19.8 Å². The number of pyridine rings is 1. The summed E-state index contributed by atoms with van der Waals surface area (Å²) < 4.78 is 31.7. The van der Waals surface area contributed by atoms with E-state index < -0.39 is 17.6 Å². The molecule has 3 heterocycles. The lowest BCUT2D eigenvalue weighted by molar-refractivity contribution is -0.192. The van der Waals surface area contributed by atoms with Crippen molar-refractivity contribution in [1.29, 1.82) is 0 Å². The van der Waals surface area contributed by atoms with Crippen molar-refractivity contribution in [3.8, 4) is 0 Å². The van der Waals surface area contributed by atoms with Crippen molar-refractivity contribution >= 4 is 23.6 Å². The van der Waals surface area contributed by atoms with Gasteiger partial charge in [-0.3, -0.25) is 9.59 Å². The summed E-state index contributed by atoms with van der Waals surface area (Å²) in [5, 5.41) is 7.12. The highest BCUT2D eigenvalue weighted by Crippen LogP contribution is 2.45. The highest BCUT2D eigenvalue weighted by Gasteiger charge is 2.54. The third kappa shape index (κ3) is 6.64. The average Bonchev–Trinajstić information content (AvgIpc) is 3.08. The SMILES string of the molecule is CCC(CC)C(=O)N1CCC[C@]2(C(=O)N(C)C)CN(c3ccccn3)C[C@@H]2C1.O=C(O)C(F)(F)F. The monoisotopic (exact) mass is 500 g/mol. The molecule has 2 saturated heterocycles. The molecule has 0 saturated carbocycles. The molecule has 2 amide bonds. The van der Waals surface area contributed by atoms with Crippen LogP contribution in [0.25, 0.3) is 0 Å². The van der Waals surface area contributed by atoms with Gasteiger partial charge in [0, 0.05) is 58.3 Å². The summed E-state index contributed by atoms with van der Waals surface area (Å²) in [6.45, 7) is 7.04. The largest absolute Gasteiger partial charge is 0.490 e. The van der Waals surface area contributed by atoms with Crippen LogP contribution in [-0.4, -0.2) is 84.1 Å². The lowest BCUT2D eigenvalue weighted by atomic mass is 9.74. The van der Waals surface area contributed by atoms with Crippen LogP contribution < -0.4 is 4.90 Å². The molecule has 0 bridgehead atoms. The first-order valence-electron chi connectivity index (χ1n) is 11.8. The standard InChI is InChI=1S/C22H34N4O2.C2HF3O2/c1-5-17(6-2)20(27)25-13-9-11-22(21(28)24(3)4)16-26(15-18(22)14-25)19-10-7-8-12-23-19;3-2(4,5)1(6)7/h7-8,10,12,17-18H,5-6,9,11,13-16H2,1-4H3;(H,6,7)/t18-,22-;/m0./s1. The summed E-state index contributed by atoms with van der Waals surface area (Å²) in [7, 11) is 3.69. The second-order valence-corrected chi connectivity index (χ2v) is 9.33. The molecule has 2 aliphatic heterocycles. The van der Waals surface area contributed by atoms with Crippen molar-refractivity contribution in [2.45, 2.75) is 45.7 Å². The Hall–Kier alpha value is -2.85. The van der Waals surface area contributed by atoms with E-state index in [1.807, 2.05) is 37.2 Å². The number of aromatic nitrogens is 1. The predicted octanol–water partition coefficient (Wildman–Crippen LogP) is 3.28. The Bertz CT molecular complexity index is 877. The minimum absolute atomic E-state index is 0.0883. The topological polar surface area (TPSA) is 94.1 Å². The molecule has 2 fully saturated rings. The van der Waals surface area contributed by atoms with Gasteiger partial charge in [0.25, 0.3) is 0 Å². The third-order valence-electron chi connectivity index (χ3n) is 6.88. The molecule has 1 N–H and O–H groups in total. The lowest BCUT2D eigenvalue weighted by Crippen LogP contribution is -2.48. The number of fused-ring (bicyclic) bond motifs is 1. The highest BCUT2D eigenvalue weighted by atomic mass is 19.4. The second kappa shape index (κ2) is 11.7. The lowest BCUT2D eigenvalue weighted by Gasteiger charge is -2.35. The van der Waals surface area contributed by atoms with Gasteiger partial charge in [-0.05, 0) is 37.8 Å². The average molecular weight is 501 g/mol. The van der Waals surface area contributed by atoms with Gasteiger partial charge in [-0.15, -0.1) is 0 Å². The number of hydrogen-bond donors (Lipinski definition) is 1. The van der Waals surface area contributed by atoms with Gasteiger partial charge >= 0.3 is 12.1 Å². The van der Waals surface area contributed by atoms with E-state index in [4.69, 9.17) is 9.90 Å². The molecular weight excluding hydrogens is 465 g/mol. The third-order valence-corrected chi connectivity index (χ3v) is 6.88. The quantitative estimate of drug-likeness (QED) is 0.667. The number of carbonyl (C=O) groups is 3. The van der Waals surface area contributed by atoms with Gasteiger partial charge in [-0.1, -0.05) is 19.9 Å². The minimum atomic E-state index is -5.08. The number of carbonyl (C=O) groups excluding carboxylic acids is 2. The summed E-state index contributed by atoms with van der Waals surface area (Å²) in [5.41, 5.74) is -0.440. The maximum atomic E-state index is 13.3. The molecule has 2 atom stereocenters. The van der Waals surface area contributed by atoms with Crippen LogP contribution in [-0.2, 0) is 14.4 Å². The number of rotatable bonds is 5. The highest BCUT2D eigenvalue weighted by molar-refractivity contribution is 5.85. The van der Waals surface area contributed by atoms with E-state index >= 15 is 0 Å². The number of carboxylic acid groups (broad SMARTS) is 1. The molecule has 0 aliphatic carbocycles. The van der Waals surface area contributed by atoms with Gasteiger partial charge in [0.1, 0.15) is 5.82 Å². The van der Waals surface area contributed by atoms with E-state index in [0.717, 1.165) is 44.6 Å². The molecule has 0 unspecified atom stereocenters. The van der Waals surface area contributed by atoms with Crippen molar-refractivity contribution in [2.24, 2.45) is 17.3 Å². The summed E-state index contributed by atoms with van der Waals surface area (Å²) in [5.74, 6) is -1.18. The Morgan fingerprint density at radius 3 is 2.31 bits per heavy atom. The minimum Gasteiger partial charge on any atom is -0.475 e. The van der Waals surface area contributed by atoms with Crippen LogP contribution in [0, 0.1) is 17.3 Å². The molecule has 35 heavy (non-hydrogen) atoms. The molecule has 0 aromatic carbocycles. The van der Waals surface area contributed by atoms with Crippen LogP contribution >= 0.6 is 0 Å². The van der Waals surface area contributed by atoms with Crippen molar-refractivity contribution in [1.82, 2.24) is 14.8 Å². The Balaban J connectivity index is 0.000000540. The molecular formula is C24H35F3N4O4. The van der Waals surface area contributed by atoms with Crippen molar-refractivity contribution in [2.75, 3.05) is 45.2 Å². The van der Waals surface area contributed by atoms with Crippen LogP contribution in [0.5, 0.6) is 0 Å². The molecule has 0 radical (unpaired) electrons. The van der Waals surface area contributed by atoms with E-state index in [0.29, 0.717) is 13.1 Å². The first-order valence-corrected chi connectivity index (χ1v) is 11.8. The van der Waals surface area contributed by atoms with Gasteiger partial charge in [-0.2, -0.15) is 13.2 Å². The Morgan fingerprint density at radius 1 is 1.20 bits per heavy atom. The molecule has 1 aromatic rings. The van der Waals surface area contributed by atoms with Gasteiger partial charge in [0.05, 0.1) is 5.41 Å². The number of amides is 2. The fourth-order valence-corrected chi connectivity index (χ4v) is 5.04. The first kappa shape index (κ1) is 28.4. The van der Waals surface area contributed by atoms with Crippen molar-refractivity contribution in [3.05, 3.63) is 24.4 Å². The first-order chi connectivity index (χ1) is 16.4. The van der Waals surface area contributed by atoms with Crippen molar-refractivity contribution in [3.63, 3.8) is 0 Å². The molecule has 1 aromatic heterocycles. The zero-order valence-electron chi connectivity index (χ0n) is 20.7. The molecule has 11 heteroatoms. The fourth-order valence-electron chi connectivity index (χ4n) is 5.04. The van der Waals surface area contributed by atoms with Crippen LogP contribution in [0.15, 0.2) is 24.4 Å². The van der Waals surface area contributed by atoms with E-state index in [2.05, 4.69) is 23.7 Å². The van der Waals surface area contributed by atoms with Crippen LogP contribution in [0.1, 0.15) is 39.5 Å². The summed E-state index contributed by atoms with van der Waals surface area (Å²) in [6, 6.07) is 5.90. The normalized spacial score (nSPS) is 22.1. The molecule has 3 rings (SSSR count). The second-order valence-electron chi connectivity index (χ2n) is 9.33. The molecule has 2 aliphatic rings. The van der Waals surface area contributed by atoms with Gasteiger partial charge in [-0.25, -0.2) is 9.78 Å². The van der Waals surface area contributed by atoms with Crippen LogP contribution in [0.3, 0.4) is 0 Å². The zero-order valence-corrected chi connectivity index (χ0v) is 20.7. The predicted molar refractivity (Wildman–Crippen MR) is 125 cm³/mol. The van der Waals surface area contributed by atoms with Crippen LogP contribution in [0.2, 0.25) is 0 Å².